The SMILES string of the molecule is CC(C)CC(C)N(C)C1CCCCCCCCCCC1O. The van der Waals surface area contributed by atoms with Gasteiger partial charge in [0.25, 0.3) is 0 Å². The number of aliphatic hydroxyl groups is 1. The molecule has 3 atom stereocenters. The number of hydrogen-bond acceptors (Lipinski definition) is 2. The normalized spacial score (nSPS) is 28.1. The van der Waals surface area contributed by atoms with E-state index in [0.717, 1.165) is 12.3 Å². The monoisotopic (exact) mass is 297 g/mol. The highest BCUT2D eigenvalue weighted by Gasteiger charge is 2.26. The highest BCUT2D eigenvalue weighted by molar-refractivity contribution is 4.81. The van der Waals surface area contributed by atoms with Crippen molar-refractivity contribution >= 4 is 0 Å². The smallest absolute Gasteiger partial charge is 0.0695 e. The maximum atomic E-state index is 10.7. The first kappa shape index (κ1) is 19.0. The molecular weight excluding hydrogens is 258 g/mol. The fourth-order valence-corrected chi connectivity index (χ4v) is 3.80. The molecule has 0 spiro atoms. The molecule has 1 aliphatic rings. The number of aliphatic hydroxyl groups excluding tert-OH is 1. The third-order valence-corrected chi connectivity index (χ3v) is 5.22. The summed E-state index contributed by atoms with van der Waals surface area (Å²) in [4.78, 5) is 2.47. The number of likely N-dealkylation sites (N-methyl/N-ethyl adjacent to an activating group) is 1. The van der Waals surface area contributed by atoms with Gasteiger partial charge in [0.15, 0.2) is 0 Å². The van der Waals surface area contributed by atoms with Crippen LogP contribution in [0.25, 0.3) is 0 Å². The Labute approximate surface area is 133 Å². The largest absolute Gasteiger partial charge is 0.391 e. The Bertz CT molecular complexity index is 254. The van der Waals surface area contributed by atoms with Crippen LogP contribution in [0.2, 0.25) is 0 Å². The molecule has 0 heterocycles. The van der Waals surface area contributed by atoms with Crippen LogP contribution in [-0.4, -0.2) is 35.2 Å². The maximum absolute atomic E-state index is 10.7. The zero-order valence-corrected chi connectivity index (χ0v) is 15.0. The van der Waals surface area contributed by atoms with Gasteiger partial charge in [0.1, 0.15) is 0 Å². The van der Waals surface area contributed by atoms with Crippen LogP contribution in [0.1, 0.15) is 91.4 Å². The van der Waals surface area contributed by atoms with Crippen molar-refractivity contribution in [3.05, 3.63) is 0 Å². The van der Waals surface area contributed by atoms with Crippen molar-refractivity contribution in [1.82, 2.24) is 4.90 Å². The van der Waals surface area contributed by atoms with E-state index in [1.807, 2.05) is 0 Å². The third kappa shape index (κ3) is 7.65. The van der Waals surface area contributed by atoms with Gasteiger partial charge in [-0.3, -0.25) is 4.90 Å². The van der Waals surface area contributed by atoms with E-state index in [2.05, 4.69) is 32.7 Å². The summed E-state index contributed by atoms with van der Waals surface area (Å²) in [6.07, 6.45) is 13.9. The lowest BCUT2D eigenvalue weighted by atomic mass is 9.93. The zero-order chi connectivity index (χ0) is 15.7. The van der Waals surface area contributed by atoms with Crippen LogP contribution >= 0.6 is 0 Å². The Morgan fingerprint density at radius 2 is 1.33 bits per heavy atom. The Kier molecular flexibility index (Phi) is 9.59. The molecule has 3 unspecified atom stereocenters. The molecule has 0 amide bonds. The second kappa shape index (κ2) is 10.6. The topological polar surface area (TPSA) is 23.5 Å². The molecule has 0 aromatic carbocycles. The Balaban J connectivity index is 2.58. The van der Waals surface area contributed by atoms with Gasteiger partial charge < -0.3 is 5.11 Å². The number of rotatable bonds is 4. The van der Waals surface area contributed by atoms with Crippen molar-refractivity contribution in [2.45, 2.75) is 110 Å². The molecule has 0 bridgehead atoms. The van der Waals surface area contributed by atoms with Crippen LogP contribution in [0, 0.1) is 5.92 Å². The van der Waals surface area contributed by atoms with E-state index in [-0.39, 0.29) is 6.10 Å². The van der Waals surface area contributed by atoms with Gasteiger partial charge in [-0.15, -0.1) is 0 Å². The zero-order valence-electron chi connectivity index (χ0n) is 15.0. The highest BCUT2D eigenvalue weighted by Crippen LogP contribution is 2.23. The van der Waals surface area contributed by atoms with Crippen LogP contribution in [0.4, 0.5) is 0 Å². The summed E-state index contributed by atoms with van der Waals surface area (Å²) in [6.45, 7) is 6.91. The molecule has 2 nitrogen and oxygen atoms in total. The van der Waals surface area contributed by atoms with Crippen molar-refractivity contribution in [3.63, 3.8) is 0 Å². The minimum Gasteiger partial charge on any atom is -0.391 e. The fraction of sp³-hybridized carbons (Fsp3) is 1.00. The minimum atomic E-state index is -0.135. The Morgan fingerprint density at radius 1 is 0.857 bits per heavy atom. The van der Waals surface area contributed by atoms with Gasteiger partial charge in [0, 0.05) is 12.1 Å². The molecule has 0 aromatic heterocycles. The molecule has 1 aliphatic carbocycles. The van der Waals surface area contributed by atoms with E-state index < -0.39 is 0 Å². The molecule has 0 radical (unpaired) electrons. The van der Waals surface area contributed by atoms with Crippen molar-refractivity contribution in [3.8, 4) is 0 Å². The number of nitrogens with zero attached hydrogens (tertiary/aromatic N) is 1. The predicted octanol–water partition coefficient (Wildman–Crippen LogP) is 5.00. The summed E-state index contributed by atoms with van der Waals surface area (Å²) < 4.78 is 0. The lowest BCUT2D eigenvalue weighted by molar-refractivity contribution is 0.0267. The van der Waals surface area contributed by atoms with Gasteiger partial charge in [0.2, 0.25) is 0 Å². The summed E-state index contributed by atoms with van der Waals surface area (Å²) in [5.41, 5.74) is 0. The summed E-state index contributed by atoms with van der Waals surface area (Å²) in [6, 6.07) is 0.927. The van der Waals surface area contributed by atoms with Crippen molar-refractivity contribution in [2.75, 3.05) is 7.05 Å². The summed E-state index contributed by atoms with van der Waals surface area (Å²) in [5, 5.41) is 10.7. The first-order valence-corrected chi connectivity index (χ1v) is 9.42. The molecule has 1 fully saturated rings. The van der Waals surface area contributed by atoms with Gasteiger partial charge in [-0.05, 0) is 39.2 Å². The van der Waals surface area contributed by atoms with Gasteiger partial charge in [-0.25, -0.2) is 0 Å². The molecule has 0 aliphatic heterocycles. The molecule has 0 saturated heterocycles. The lowest BCUT2D eigenvalue weighted by Crippen LogP contribution is -2.46. The van der Waals surface area contributed by atoms with Crippen LogP contribution in [-0.2, 0) is 0 Å². The molecule has 0 aromatic rings. The molecule has 2 heteroatoms. The minimum absolute atomic E-state index is 0.135. The third-order valence-electron chi connectivity index (χ3n) is 5.22. The Morgan fingerprint density at radius 3 is 1.86 bits per heavy atom. The molecular formula is C19H39NO. The fourth-order valence-electron chi connectivity index (χ4n) is 3.80. The maximum Gasteiger partial charge on any atom is 0.0695 e. The Hall–Kier alpha value is -0.0800. The highest BCUT2D eigenvalue weighted by atomic mass is 16.3. The average molecular weight is 298 g/mol. The van der Waals surface area contributed by atoms with E-state index in [0.29, 0.717) is 12.1 Å². The van der Waals surface area contributed by atoms with Crippen LogP contribution < -0.4 is 0 Å². The number of hydrogen-bond donors (Lipinski definition) is 1. The van der Waals surface area contributed by atoms with E-state index in [4.69, 9.17) is 0 Å². The van der Waals surface area contributed by atoms with Crippen molar-refractivity contribution in [2.24, 2.45) is 5.92 Å². The first-order chi connectivity index (χ1) is 10.0. The van der Waals surface area contributed by atoms with Gasteiger partial charge in [0.05, 0.1) is 6.10 Å². The second-order valence-corrected chi connectivity index (χ2v) is 7.68. The molecule has 126 valence electrons. The van der Waals surface area contributed by atoms with Gasteiger partial charge in [-0.1, -0.05) is 65.2 Å². The first-order valence-electron chi connectivity index (χ1n) is 9.42. The molecule has 1 N–H and O–H groups in total. The molecule has 21 heavy (non-hydrogen) atoms. The predicted molar refractivity (Wildman–Crippen MR) is 92.6 cm³/mol. The van der Waals surface area contributed by atoms with E-state index in [1.165, 1.54) is 64.2 Å². The van der Waals surface area contributed by atoms with Crippen molar-refractivity contribution in [1.29, 1.82) is 0 Å². The lowest BCUT2D eigenvalue weighted by Gasteiger charge is -2.37. The van der Waals surface area contributed by atoms with E-state index in [1.54, 1.807) is 0 Å². The standard InChI is InChI=1S/C19H39NO/c1-16(2)15-17(3)20(4)18-13-11-9-7-5-6-8-10-12-14-19(18)21/h16-19,21H,5-15H2,1-4H3. The molecule has 1 saturated carbocycles. The van der Waals surface area contributed by atoms with Gasteiger partial charge >= 0.3 is 0 Å². The average Bonchev–Trinajstić information content (AvgIpc) is 2.41. The van der Waals surface area contributed by atoms with Crippen LogP contribution in [0.3, 0.4) is 0 Å². The van der Waals surface area contributed by atoms with E-state index >= 15 is 0 Å². The summed E-state index contributed by atoms with van der Waals surface area (Å²) >= 11 is 0. The second-order valence-electron chi connectivity index (χ2n) is 7.68. The van der Waals surface area contributed by atoms with E-state index in [9.17, 15) is 5.11 Å². The summed E-state index contributed by atoms with van der Waals surface area (Å²) in [5.74, 6) is 0.728. The van der Waals surface area contributed by atoms with Crippen LogP contribution in [0.5, 0.6) is 0 Å². The summed E-state index contributed by atoms with van der Waals surface area (Å²) in [7, 11) is 2.23. The van der Waals surface area contributed by atoms with Crippen molar-refractivity contribution < 1.29 is 5.11 Å². The molecule has 1 rings (SSSR count). The quantitative estimate of drug-likeness (QED) is 0.789. The van der Waals surface area contributed by atoms with Gasteiger partial charge in [-0.2, -0.15) is 0 Å². The van der Waals surface area contributed by atoms with Crippen LogP contribution in [0.15, 0.2) is 0 Å².